The first-order valence-electron chi connectivity index (χ1n) is 7.14. The van der Waals surface area contributed by atoms with Gasteiger partial charge in [-0.3, -0.25) is 10.1 Å². The molecule has 112 valence electrons. The highest BCUT2D eigenvalue weighted by Gasteiger charge is 2.17. The van der Waals surface area contributed by atoms with Gasteiger partial charge in [-0.05, 0) is 27.3 Å². The summed E-state index contributed by atoms with van der Waals surface area (Å²) in [5, 5.41) is 14.4. The fraction of sp³-hybridized carbons (Fsp3) is 0.600. The molecule has 1 aromatic carbocycles. The van der Waals surface area contributed by atoms with Gasteiger partial charge in [-0.15, -0.1) is 0 Å². The van der Waals surface area contributed by atoms with Crippen LogP contribution in [0.4, 0.5) is 5.69 Å². The third-order valence-corrected chi connectivity index (χ3v) is 3.86. The number of rotatable bonds is 8. The largest absolute Gasteiger partial charge is 0.309 e. The highest BCUT2D eigenvalue weighted by Crippen LogP contribution is 2.24. The van der Waals surface area contributed by atoms with Crippen molar-refractivity contribution >= 4 is 5.69 Å². The Kier molecular flexibility index (Phi) is 6.61. The van der Waals surface area contributed by atoms with Crippen molar-refractivity contribution < 1.29 is 4.92 Å². The molecule has 0 saturated heterocycles. The Morgan fingerprint density at radius 2 is 2.00 bits per heavy atom. The molecule has 0 saturated carbocycles. The topological polar surface area (TPSA) is 58.4 Å². The van der Waals surface area contributed by atoms with E-state index in [0.29, 0.717) is 6.04 Å². The predicted octanol–water partition coefficient (Wildman–Crippen LogP) is 2.98. The first-order chi connectivity index (χ1) is 9.47. The van der Waals surface area contributed by atoms with Gasteiger partial charge in [-0.25, -0.2) is 0 Å². The van der Waals surface area contributed by atoms with E-state index >= 15 is 0 Å². The van der Waals surface area contributed by atoms with Gasteiger partial charge in [0.25, 0.3) is 5.69 Å². The van der Waals surface area contributed by atoms with E-state index in [9.17, 15) is 10.1 Å². The van der Waals surface area contributed by atoms with Gasteiger partial charge in [0.2, 0.25) is 0 Å². The van der Waals surface area contributed by atoms with E-state index in [-0.39, 0.29) is 16.7 Å². The molecule has 1 rings (SSSR count). The lowest BCUT2D eigenvalue weighted by atomic mass is 10.1. The van der Waals surface area contributed by atoms with Crippen LogP contribution in [-0.2, 0) is 0 Å². The van der Waals surface area contributed by atoms with Gasteiger partial charge in [0.15, 0.2) is 0 Å². The molecule has 1 aromatic rings. The molecule has 0 radical (unpaired) electrons. The van der Waals surface area contributed by atoms with Crippen LogP contribution in [0, 0.1) is 10.1 Å². The fourth-order valence-electron chi connectivity index (χ4n) is 2.12. The van der Waals surface area contributed by atoms with E-state index in [1.807, 2.05) is 19.1 Å². The average Bonchev–Trinajstić information content (AvgIpc) is 2.45. The summed E-state index contributed by atoms with van der Waals surface area (Å²) in [5.41, 5.74) is 0.923. The second-order valence-electron chi connectivity index (χ2n) is 5.23. The summed E-state index contributed by atoms with van der Waals surface area (Å²) in [6.45, 7) is 8.08. The van der Waals surface area contributed by atoms with E-state index in [1.54, 1.807) is 12.1 Å². The Morgan fingerprint density at radius 3 is 2.60 bits per heavy atom. The molecule has 0 fully saturated rings. The summed E-state index contributed by atoms with van der Waals surface area (Å²) in [6.07, 6.45) is 1.12. The van der Waals surface area contributed by atoms with Crippen molar-refractivity contribution in [3.05, 3.63) is 39.9 Å². The van der Waals surface area contributed by atoms with Crippen molar-refractivity contribution in [3.63, 3.8) is 0 Å². The van der Waals surface area contributed by atoms with Gasteiger partial charge in [0, 0.05) is 36.8 Å². The average molecular weight is 279 g/mol. The van der Waals surface area contributed by atoms with Crippen molar-refractivity contribution in [2.24, 2.45) is 0 Å². The van der Waals surface area contributed by atoms with Crippen molar-refractivity contribution in [2.45, 2.75) is 39.3 Å². The lowest BCUT2D eigenvalue weighted by molar-refractivity contribution is -0.385. The third kappa shape index (κ3) is 4.58. The molecule has 2 unspecified atom stereocenters. The highest BCUT2D eigenvalue weighted by atomic mass is 16.6. The van der Waals surface area contributed by atoms with Crippen LogP contribution in [0.2, 0.25) is 0 Å². The molecule has 0 spiro atoms. The third-order valence-electron chi connectivity index (χ3n) is 3.86. The SMILES string of the molecule is CCC(C)N(C)CCNC(C)c1ccccc1[N+](=O)[O-]. The highest BCUT2D eigenvalue weighted by molar-refractivity contribution is 5.41. The number of nitrogens with one attached hydrogen (secondary N) is 1. The molecule has 0 aromatic heterocycles. The van der Waals surface area contributed by atoms with Gasteiger partial charge in [-0.1, -0.05) is 25.1 Å². The Hall–Kier alpha value is -1.46. The summed E-state index contributed by atoms with van der Waals surface area (Å²) < 4.78 is 0. The molecule has 20 heavy (non-hydrogen) atoms. The van der Waals surface area contributed by atoms with Crippen molar-refractivity contribution in [1.29, 1.82) is 0 Å². The van der Waals surface area contributed by atoms with E-state index in [2.05, 4.69) is 31.1 Å². The van der Waals surface area contributed by atoms with Gasteiger partial charge in [0.05, 0.1) is 4.92 Å². The lowest BCUT2D eigenvalue weighted by Gasteiger charge is -2.24. The molecular weight excluding hydrogens is 254 g/mol. The van der Waals surface area contributed by atoms with Gasteiger partial charge >= 0.3 is 0 Å². The van der Waals surface area contributed by atoms with E-state index < -0.39 is 0 Å². The first kappa shape index (κ1) is 16.6. The first-order valence-corrected chi connectivity index (χ1v) is 7.14. The van der Waals surface area contributed by atoms with E-state index in [0.717, 1.165) is 25.1 Å². The summed E-state index contributed by atoms with van der Waals surface area (Å²) >= 11 is 0. The maximum absolute atomic E-state index is 11.0. The van der Waals surface area contributed by atoms with Gasteiger partial charge < -0.3 is 10.2 Å². The van der Waals surface area contributed by atoms with Crippen molar-refractivity contribution in [3.8, 4) is 0 Å². The quantitative estimate of drug-likeness (QED) is 0.587. The molecule has 0 aliphatic heterocycles. The molecule has 0 bridgehead atoms. The number of para-hydroxylation sites is 1. The number of hydrogen-bond donors (Lipinski definition) is 1. The number of likely N-dealkylation sites (N-methyl/N-ethyl adjacent to an activating group) is 1. The lowest BCUT2D eigenvalue weighted by Crippen LogP contribution is -2.35. The van der Waals surface area contributed by atoms with Crippen LogP contribution in [0.25, 0.3) is 0 Å². The monoisotopic (exact) mass is 279 g/mol. The predicted molar refractivity (Wildman–Crippen MR) is 81.9 cm³/mol. The van der Waals surface area contributed by atoms with E-state index in [4.69, 9.17) is 0 Å². The molecular formula is C15H25N3O2. The molecule has 0 heterocycles. The van der Waals surface area contributed by atoms with Crippen LogP contribution in [0.5, 0.6) is 0 Å². The molecule has 0 amide bonds. The number of nitro benzene ring substituents is 1. The Balaban J connectivity index is 2.55. The minimum absolute atomic E-state index is 0.0260. The number of hydrogen-bond acceptors (Lipinski definition) is 4. The Morgan fingerprint density at radius 1 is 1.35 bits per heavy atom. The van der Waals surface area contributed by atoms with Crippen LogP contribution in [0.1, 0.15) is 38.8 Å². The Bertz CT molecular complexity index is 437. The summed E-state index contributed by atoms with van der Waals surface area (Å²) in [5.74, 6) is 0. The molecule has 2 atom stereocenters. The van der Waals surface area contributed by atoms with Gasteiger partial charge in [0.1, 0.15) is 0 Å². The van der Waals surface area contributed by atoms with E-state index in [1.165, 1.54) is 0 Å². The molecule has 5 nitrogen and oxygen atoms in total. The summed E-state index contributed by atoms with van der Waals surface area (Å²) in [7, 11) is 2.10. The fourth-order valence-corrected chi connectivity index (χ4v) is 2.12. The van der Waals surface area contributed by atoms with Crippen LogP contribution in [0.3, 0.4) is 0 Å². The molecule has 0 aliphatic carbocycles. The Labute approximate surface area is 121 Å². The zero-order valence-corrected chi connectivity index (χ0v) is 12.8. The van der Waals surface area contributed by atoms with Crippen LogP contribution < -0.4 is 5.32 Å². The molecule has 1 N–H and O–H groups in total. The smallest absolute Gasteiger partial charge is 0.274 e. The molecule has 0 aliphatic rings. The zero-order chi connectivity index (χ0) is 15.1. The number of benzene rings is 1. The van der Waals surface area contributed by atoms with Crippen LogP contribution in [-0.4, -0.2) is 36.0 Å². The summed E-state index contributed by atoms with van der Waals surface area (Å²) in [6, 6.07) is 7.43. The van der Waals surface area contributed by atoms with Crippen molar-refractivity contribution in [2.75, 3.05) is 20.1 Å². The molecule has 5 heteroatoms. The summed E-state index contributed by atoms with van der Waals surface area (Å²) in [4.78, 5) is 13.0. The van der Waals surface area contributed by atoms with Gasteiger partial charge in [-0.2, -0.15) is 0 Å². The zero-order valence-electron chi connectivity index (χ0n) is 12.8. The van der Waals surface area contributed by atoms with Crippen molar-refractivity contribution in [1.82, 2.24) is 10.2 Å². The second kappa shape index (κ2) is 7.97. The van der Waals surface area contributed by atoms with Crippen LogP contribution >= 0.6 is 0 Å². The number of nitro groups is 1. The maximum Gasteiger partial charge on any atom is 0.274 e. The number of nitrogens with zero attached hydrogens (tertiary/aromatic N) is 2. The van der Waals surface area contributed by atoms with Crippen LogP contribution in [0.15, 0.2) is 24.3 Å². The minimum Gasteiger partial charge on any atom is -0.309 e. The normalized spacial score (nSPS) is 14.2. The standard InChI is InChI=1S/C15H25N3O2/c1-5-12(2)17(4)11-10-16-13(3)14-8-6-7-9-15(14)18(19)20/h6-9,12-13,16H,5,10-11H2,1-4H3. The minimum atomic E-state index is -0.321. The second-order valence-corrected chi connectivity index (χ2v) is 5.23. The maximum atomic E-state index is 11.0.